The van der Waals surface area contributed by atoms with Gasteiger partial charge in [0.1, 0.15) is 0 Å². The van der Waals surface area contributed by atoms with E-state index in [4.69, 9.17) is 5.11 Å². The molecule has 2 atom stereocenters. The Morgan fingerprint density at radius 3 is 2.16 bits per heavy atom. The van der Waals surface area contributed by atoms with E-state index >= 15 is 0 Å². The summed E-state index contributed by atoms with van der Waals surface area (Å²) in [4.78, 5) is 27.1. The Balaban J connectivity index is 1.95. The van der Waals surface area contributed by atoms with Crippen molar-refractivity contribution in [2.75, 3.05) is 13.1 Å². The molecule has 0 spiro atoms. The largest absolute Gasteiger partial charge is 0.480 e. The summed E-state index contributed by atoms with van der Waals surface area (Å²) in [7, 11) is 0. The SMILES string of the molecule is CC1CCCC(C)N1C(=O)CN(CC(=O)O)C1CC1. The van der Waals surface area contributed by atoms with Crippen LogP contribution in [0.4, 0.5) is 0 Å². The van der Waals surface area contributed by atoms with Gasteiger partial charge >= 0.3 is 5.97 Å². The van der Waals surface area contributed by atoms with Crippen molar-refractivity contribution in [3.8, 4) is 0 Å². The predicted octanol–water partition coefficient (Wildman–Crippen LogP) is 1.32. The highest BCUT2D eigenvalue weighted by Gasteiger charge is 2.35. The number of likely N-dealkylation sites (tertiary alicyclic amines) is 1. The van der Waals surface area contributed by atoms with Gasteiger partial charge in [0.15, 0.2) is 0 Å². The van der Waals surface area contributed by atoms with Crippen LogP contribution in [0.5, 0.6) is 0 Å². The minimum atomic E-state index is -0.848. The van der Waals surface area contributed by atoms with Gasteiger partial charge in [0, 0.05) is 18.1 Å². The highest BCUT2D eigenvalue weighted by atomic mass is 16.4. The van der Waals surface area contributed by atoms with Crippen LogP contribution in [0.1, 0.15) is 46.0 Å². The summed E-state index contributed by atoms with van der Waals surface area (Å²) in [6, 6.07) is 0.861. The molecular formula is C14H24N2O3. The summed E-state index contributed by atoms with van der Waals surface area (Å²) < 4.78 is 0. The van der Waals surface area contributed by atoms with E-state index in [0.29, 0.717) is 6.04 Å². The number of carboxylic acid groups (broad SMARTS) is 1. The summed E-state index contributed by atoms with van der Waals surface area (Å²) in [5.41, 5.74) is 0. The zero-order valence-electron chi connectivity index (χ0n) is 11.8. The molecule has 19 heavy (non-hydrogen) atoms. The van der Waals surface area contributed by atoms with Gasteiger partial charge in [-0.2, -0.15) is 0 Å². The average Bonchev–Trinajstić information content (AvgIpc) is 3.10. The van der Waals surface area contributed by atoms with Crippen molar-refractivity contribution in [3.05, 3.63) is 0 Å². The van der Waals surface area contributed by atoms with Gasteiger partial charge in [-0.15, -0.1) is 0 Å². The van der Waals surface area contributed by atoms with Crippen LogP contribution >= 0.6 is 0 Å². The average molecular weight is 268 g/mol. The van der Waals surface area contributed by atoms with Crippen molar-refractivity contribution in [1.29, 1.82) is 0 Å². The monoisotopic (exact) mass is 268 g/mol. The molecule has 1 aliphatic heterocycles. The van der Waals surface area contributed by atoms with Gasteiger partial charge < -0.3 is 10.0 Å². The van der Waals surface area contributed by atoms with E-state index in [0.717, 1.165) is 25.7 Å². The van der Waals surface area contributed by atoms with E-state index in [2.05, 4.69) is 13.8 Å². The molecule has 0 aromatic carbocycles. The van der Waals surface area contributed by atoms with Crippen molar-refractivity contribution < 1.29 is 14.7 Å². The molecule has 1 amide bonds. The van der Waals surface area contributed by atoms with Crippen LogP contribution in [-0.2, 0) is 9.59 Å². The lowest BCUT2D eigenvalue weighted by Crippen LogP contribution is -2.51. The van der Waals surface area contributed by atoms with E-state index in [1.165, 1.54) is 6.42 Å². The van der Waals surface area contributed by atoms with Crippen LogP contribution in [0.2, 0.25) is 0 Å². The molecule has 0 aromatic heterocycles. The van der Waals surface area contributed by atoms with Gasteiger partial charge in [0.05, 0.1) is 13.1 Å². The molecule has 1 saturated heterocycles. The number of amides is 1. The molecule has 1 N–H and O–H groups in total. The highest BCUT2D eigenvalue weighted by molar-refractivity contribution is 5.80. The van der Waals surface area contributed by atoms with Gasteiger partial charge in [-0.25, -0.2) is 0 Å². The maximum atomic E-state index is 12.4. The number of nitrogens with zero attached hydrogens (tertiary/aromatic N) is 2. The fourth-order valence-electron chi connectivity index (χ4n) is 3.10. The van der Waals surface area contributed by atoms with Crippen molar-refractivity contribution in [1.82, 2.24) is 9.80 Å². The van der Waals surface area contributed by atoms with Gasteiger partial charge in [-0.1, -0.05) is 0 Å². The van der Waals surface area contributed by atoms with Gasteiger partial charge in [0.25, 0.3) is 0 Å². The molecule has 108 valence electrons. The van der Waals surface area contributed by atoms with Crippen LogP contribution in [0.3, 0.4) is 0 Å². The first-order chi connectivity index (χ1) is 8.99. The fourth-order valence-corrected chi connectivity index (χ4v) is 3.10. The van der Waals surface area contributed by atoms with Crippen LogP contribution in [0.15, 0.2) is 0 Å². The van der Waals surface area contributed by atoms with Crippen molar-refractivity contribution in [3.63, 3.8) is 0 Å². The molecule has 1 aliphatic carbocycles. The molecule has 2 fully saturated rings. The Bertz CT molecular complexity index is 345. The van der Waals surface area contributed by atoms with Crippen molar-refractivity contribution >= 4 is 11.9 Å². The molecule has 2 rings (SSSR count). The topological polar surface area (TPSA) is 60.9 Å². The molecule has 0 aromatic rings. The van der Waals surface area contributed by atoms with Crippen LogP contribution < -0.4 is 0 Å². The second kappa shape index (κ2) is 5.90. The zero-order valence-corrected chi connectivity index (χ0v) is 11.8. The standard InChI is InChI=1S/C14H24N2O3/c1-10-4-3-5-11(2)16(10)13(17)8-15(9-14(18)19)12-6-7-12/h10-12H,3-9H2,1-2H3,(H,18,19). The molecule has 5 nitrogen and oxygen atoms in total. The third-order valence-corrected chi connectivity index (χ3v) is 4.22. The van der Waals surface area contributed by atoms with E-state index in [1.54, 1.807) is 0 Å². The number of piperidine rings is 1. The molecule has 0 radical (unpaired) electrons. The smallest absolute Gasteiger partial charge is 0.317 e. The number of carbonyl (C=O) groups is 2. The third kappa shape index (κ3) is 3.69. The lowest BCUT2D eigenvalue weighted by Gasteiger charge is -2.40. The number of hydrogen-bond donors (Lipinski definition) is 1. The van der Waals surface area contributed by atoms with Crippen LogP contribution in [0, 0.1) is 0 Å². The summed E-state index contributed by atoms with van der Waals surface area (Å²) in [6.45, 7) is 4.41. The Hall–Kier alpha value is -1.10. The first-order valence-electron chi connectivity index (χ1n) is 7.26. The van der Waals surface area contributed by atoms with E-state index < -0.39 is 5.97 Å². The number of rotatable bonds is 5. The number of carbonyl (C=O) groups excluding carboxylic acids is 1. The predicted molar refractivity (Wildman–Crippen MR) is 71.9 cm³/mol. The Morgan fingerprint density at radius 1 is 1.11 bits per heavy atom. The molecular weight excluding hydrogens is 244 g/mol. The molecule has 0 bridgehead atoms. The first-order valence-corrected chi connectivity index (χ1v) is 7.26. The maximum Gasteiger partial charge on any atom is 0.317 e. The summed E-state index contributed by atoms with van der Waals surface area (Å²) in [5, 5.41) is 8.92. The second-order valence-electron chi connectivity index (χ2n) is 5.96. The summed E-state index contributed by atoms with van der Waals surface area (Å²) >= 11 is 0. The van der Waals surface area contributed by atoms with Gasteiger partial charge in [0.2, 0.25) is 5.91 Å². The molecule has 2 aliphatic rings. The normalized spacial score (nSPS) is 27.6. The summed E-state index contributed by atoms with van der Waals surface area (Å²) in [6.07, 6.45) is 5.32. The molecule has 1 saturated carbocycles. The van der Waals surface area contributed by atoms with E-state index in [-0.39, 0.29) is 31.1 Å². The second-order valence-corrected chi connectivity index (χ2v) is 5.96. The van der Waals surface area contributed by atoms with Gasteiger partial charge in [-0.05, 0) is 46.0 Å². The van der Waals surface area contributed by atoms with Crippen molar-refractivity contribution in [2.24, 2.45) is 0 Å². The number of hydrogen-bond acceptors (Lipinski definition) is 3. The Labute approximate surface area is 114 Å². The summed E-state index contributed by atoms with van der Waals surface area (Å²) in [5.74, 6) is -0.757. The lowest BCUT2D eigenvalue weighted by molar-refractivity contribution is -0.142. The van der Waals surface area contributed by atoms with E-state index in [9.17, 15) is 9.59 Å². The highest BCUT2D eigenvalue weighted by Crippen LogP contribution is 2.28. The minimum absolute atomic E-state index is 0.0208. The van der Waals surface area contributed by atoms with Gasteiger partial charge in [-0.3, -0.25) is 14.5 Å². The van der Waals surface area contributed by atoms with Crippen LogP contribution in [-0.4, -0.2) is 58.0 Å². The number of carboxylic acids is 1. The Morgan fingerprint density at radius 2 is 1.68 bits per heavy atom. The molecule has 2 unspecified atom stereocenters. The fraction of sp³-hybridized carbons (Fsp3) is 0.857. The van der Waals surface area contributed by atoms with Crippen LogP contribution in [0.25, 0.3) is 0 Å². The maximum absolute atomic E-state index is 12.4. The minimum Gasteiger partial charge on any atom is -0.480 e. The molecule has 1 heterocycles. The Kier molecular flexibility index (Phi) is 4.45. The zero-order chi connectivity index (χ0) is 14.0. The van der Waals surface area contributed by atoms with E-state index in [1.807, 2.05) is 9.80 Å². The first kappa shape index (κ1) is 14.3. The quantitative estimate of drug-likeness (QED) is 0.817. The number of aliphatic carboxylic acids is 1. The van der Waals surface area contributed by atoms with Crippen molar-refractivity contribution in [2.45, 2.75) is 64.1 Å². The third-order valence-electron chi connectivity index (χ3n) is 4.22. The molecule has 5 heteroatoms. The lowest BCUT2D eigenvalue weighted by atomic mass is 9.97.